The molecule has 0 heterocycles. The molecule has 19 heavy (non-hydrogen) atoms. The van der Waals surface area contributed by atoms with Gasteiger partial charge in [0.1, 0.15) is 0 Å². The van der Waals surface area contributed by atoms with Gasteiger partial charge in [-0.15, -0.1) is 0 Å². The van der Waals surface area contributed by atoms with Gasteiger partial charge in [0.05, 0.1) is 11.5 Å². The molecule has 0 saturated carbocycles. The zero-order valence-electron chi connectivity index (χ0n) is 11.1. The summed E-state index contributed by atoms with van der Waals surface area (Å²) < 4.78 is 27.0. The Labute approximate surface area is 127 Å². The highest BCUT2D eigenvalue weighted by atomic mass is 79.9. The maximum Gasteiger partial charge on any atom is 0.244 e. The summed E-state index contributed by atoms with van der Waals surface area (Å²) in [4.78, 5) is 0.189. The first-order valence-electron chi connectivity index (χ1n) is 5.70. The molecule has 1 N–H and O–H groups in total. The molecule has 4 nitrogen and oxygen atoms in total. The van der Waals surface area contributed by atoms with E-state index < -0.39 is 10.0 Å². The van der Waals surface area contributed by atoms with Gasteiger partial charge in [-0.3, -0.25) is 0 Å². The molecule has 1 aromatic rings. The summed E-state index contributed by atoms with van der Waals surface area (Å²) in [6, 6.07) is 4.74. The van der Waals surface area contributed by atoms with Crippen LogP contribution in [0.4, 0.5) is 0 Å². The standard InChI is InChI=1S/C12H18BrNO3S2/c1-9(8-18-3)14(2)19(16,17)12-6-10(7-15)4-5-11(12)13/h4-6,9,15H,7-8H2,1-3H3. The van der Waals surface area contributed by atoms with Crippen LogP contribution in [0.15, 0.2) is 27.6 Å². The lowest BCUT2D eigenvalue weighted by Crippen LogP contribution is -2.36. The lowest BCUT2D eigenvalue weighted by Gasteiger charge is -2.24. The van der Waals surface area contributed by atoms with Crippen LogP contribution >= 0.6 is 27.7 Å². The average Bonchev–Trinajstić information content (AvgIpc) is 2.38. The van der Waals surface area contributed by atoms with Crippen LogP contribution < -0.4 is 0 Å². The second-order valence-corrected chi connectivity index (χ2v) is 7.98. The van der Waals surface area contributed by atoms with Crippen molar-refractivity contribution in [3.05, 3.63) is 28.2 Å². The number of halogens is 1. The highest BCUT2D eigenvalue weighted by molar-refractivity contribution is 9.10. The van der Waals surface area contributed by atoms with Crippen molar-refractivity contribution in [3.63, 3.8) is 0 Å². The Morgan fingerprint density at radius 2 is 2.11 bits per heavy atom. The van der Waals surface area contributed by atoms with E-state index >= 15 is 0 Å². The fourth-order valence-corrected chi connectivity index (χ4v) is 4.72. The lowest BCUT2D eigenvalue weighted by molar-refractivity contribution is 0.281. The summed E-state index contributed by atoms with van der Waals surface area (Å²) in [5.74, 6) is 0.729. The molecule has 1 unspecified atom stereocenters. The van der Waals surface area contributed by atoms with Crippen molar-refractivity contribution in [1.82, 2.24) is 4.31 Å². The molecule has 0 saturated heterocycles. The van der Waals surface area contributed by atoms with E-state index in [1.54, 1.807) is 30.9 Å². The van der Waals surface area contributed by atoms with Crippen molar-refractivity contribution >= 4 is 37.7 Å². The summed E-state index contributed by atoms with van der Waals surface area (Å²) in [6.07, 6.45) is 1.94. The van der Waals surface area contributed by atoms with E-state index in [2.05, 4.69) is 15.9 Å². The molecule has 1 rings (SSSR count). The van der Waals surface area contributed by atoms with Gasteiger partial charge in [0.15, 0.2) is 0 Å². The molecule has 0 aliphatic heterocycles. The largest absolute Gasteiger partial charge is 0.392 e. The number of hydrogen-bond donors (Lipinski definition) is 1. The van der Waals surface area contributed by atoms with Gasteiger partial charge >= 0.3 is 0 Å². The van der Waals surface area contributed by atoms with Gasteiger partial charge in [-0.25, -0.2) is 8.42 Å². The average molecular weight is 368 g/mol. The van der Waals surface area contributed by atoms with E-state index in [-0.39, 0.29) is 17.5 Å². The van der Waals surface area contributed by atoms with E-state index in [1.165, 1.54) is 10.4 Å². The number of benzene rings is 1. The molecule has 0 radical (unpaired) electrons. The van der Waals surface area contributed by atoms with Gasteiger partial charge in [-0.2, -0.15) is 16.1 Å². The van der Waals surface area contributed by atoms with Crippen molar-refractivity contribution in [2.45, 2.75) is 24.5 Å². The third kappa shape index (κ3) is 3.95. The van der Waals surface area contributed by atoms with Gasteiger partial charge in [0.2, 0.25) is 10.0 Å². The first-order valence-corrected chi connectivity index (χ1v) is 9.33. The van der Waals surface area contributed by atoms with Crippen molar-refractivity contribution < 1.29 is 13.5 Å². The fraction of sp³-hybridized carbons (Fsp3) is 0.500. The quantitative estimate of drug-likeness (QED) is 0.837. The number of rotatable bonds is 6. The summed E-state index contributed by atoms with van der Waals surface area (Å²) in [5.41, 5.74) is 0.577. The van der Waals surface area contributed by atoms with Crippen molar-refractivity contribution in [3.8, 4) is 0 Å². The molecule has 0 aliphatic rings. The molecule has 0 spiro atoms. The summed E-state index contributed by atoms with van der Waals surface area (Å²) in [6.45, 7) is 1.69. The summed E-state index contributed by atoms with van der Waals surface area (Å²) in [7, 11) is -1.98. The molecule has 0 bridgehead atoms. The first-order chi connectivity index (χ1) is 8.84. The third-order valence-corrected chi connectivity index (χ3v) is 6.65. The molecular formula is C12H18BrNO3S2. The monoisotopic (exact) mass is 367 g/mol. The molecule has 0 amide bonds. The molecule has 0 aliphatic carbocycles. The second-order valence-electron chi connectivity index (χ2n) is 4.25. The van der Waals surface area contributed by atoms with Crippen molar-refractivity contribution in [1.29, 1.82) is 0 Å². The highest BCUT2D eigenvalue weighted by Gasteiger charge is 2.27. The van der Waals surface area contributed by atoms with E-state index in [9.17, 15) is 8.42 Å². The Bertz CT molecular complexity index is 534. The van der Waals surface area contributed by atoms with Crippen LogP contribution in [0.1, 0.15) is 12.5 Å². The van der Waals surface area contributed by atoms with Crippen molar-refractivity contribution in [2.24, 2.45) is 0 Å². The Morgan fingerprint density at radius 1 is 1.47 bits per heavy atom. The number of nitrogens with zero attached hydrogens (tertiary/aromatic N) is 1. The molecule has 1 aromatic carbocycles. The van der Waals surface area contributed by atoms with Crippen LogP contribution in [-0.4, -0.2) is 42.9 Å². The predicted molar refractivity (Wildman–Crippen MR) is 82.9 cm³/mol. The summed E-state index contributed by atoms with van der Waals surface area (Å²) in [5, 5.41) is 9.12. The zero-order valence-corrected chi connectivity index (χ0v) is 14.3. The van der Waals surface area contributed by atoms with Gasteiger partial charge in [0, 0.05) is 23.3 Å². The maximum absolute atomic E-state index is 12.5. The molecular weight excluding hydrogens is 350 g/mol. The Morgan fingerprint density at radius 3 is 2.63 bits per heavy atom. The van der Waals surface area contributed by atoms with E-state index in [4.69, 9.17) is 5.11 Å². The van der Waals surface area contributed by atoms with E-state index in [0.717, 1.165) is 5.75 Å². The number of aliphatic hydroxyl groups excluding tert-OH is 1. The van der Waals surface area contributed by atoms with Crippen molar-refractivity contribution in [2.75, 3.05) is 19.1 Å². The molecule has 7 heteroatoms. The molecule has 108 valence electrons. The number of aliphatic hydroxyl groups is 1. The minimum atomic E-state index is -3.56. The fourth-order valence-electron chi connectivity index (χ4n) is 1.58. The molecule has 1 atom stereocenters. The zero-order chi connectivity index (χ0) is 14.6. The number of hydrogen-bond acceptors (Lipinski definition) is 4. The van der Waals surface area contributed by atoms with Gasteiger partial charge in [-0.05, 0) is 46.8 Å². The van der Waals surface area contributed by atoms with E-state index in [0.29, 0.717) is 10.0 Å². The molecule has 0 fully saturated rings. The normalized spacial score (nSPS) is 13.8. The SMILES string of the molecule is CSCC(C)N(C)S(=O)(=O)c1cc(CO)ccc1Br. The van der Waals surface area contributed by atoms with Crippen LogP contribution in [0.3, 0.4) is 0 Å². The number of sulfonamides is 1. The van der Waals surface area contributed by atoms with Crippen LogP contribution in [0.2, 0.25) is 0 Å². The van der Waals surface area contributed by atoms with Gasteiger partial charge < -0.3 is 5.11 Å². The number of thioether (sulfide) groups is 1. The summed E-state index contributed by atoms with van der Waals surface area (Å²) >= 11 is 4.86. The maximum atomic E-state index is 12.5. The van der Waals surface area contributed by atoms with Crippen LogP contribution in [0, 0.1) is 0 Å². The van der Waals surface area contributed by atoms with Crippen LogP contribution in [0.25, 0.3) is 0 Å². The topological polar surface area (TPSA) is 57.6 Å². The van der Waals surface area contributed by atoms with Crippen LogP contribution in [-0.2, 0) is 16.6 Å². The first kappa shape index (κ1) is 17.0. The van der Waals surface area contributed by atoms with Crippen LogP contribution in [0.5, 0.6) is 0 Å². The lowest BCUT2D eigenvalue weighted by atomic mass is 10.2. The Hall–Kier alpha value is -0.0800. The van der Waals surface area contributed by atoms with Gasteiger partial charge in [-0.1, -0.05) is 6.07 Å². The van der Waals surface area contributed by atoms with E-state index in [1.807, 2.05) is 13.2 Å². The Kier molecular flexibility index (Phi) is 6.32. The third-order valence-electron chi connectivity index (χ3n) is 2.86. The highest BCUT2D eigenvalue weighted by Crippen LogP contribution is 2.27. The predicted octanol–water partition coefficient (Wildman–Crippen LogP) is 2.31. The minimum absolute atomic E-state index is 0.0929. The molecule has 0 aromatic heterocycles. The Balaban J connectivity index is 3.19. The van der Waals surface area contributed by atoms with Gasteiger partial charge in [0.25, 0.3) is 0 Å². The smallest absolute Gasteiger partial charge is 0.244 e. The minimum Gasteiger partial charge on any atom is -0.392 e. The second kappa shape index (κ2) is 7.08.